The molecule has 2 nitrogen and oxygen atoms in total. The predicted molar refractivity (Wildman–Crippen MR) is 69.7 cm³/mol. The number of sulfone groups is 1. The molecule has 19 heavy (non-hydrogen) atoms. The average Bonchev–Trinajstić information content (AvgIpc) is 2.40. The van der Waals surface area contributed by atoms with E-state index in [0.29, 0.717) is 12.8 Å². The van der Waals surface area contributed by atoms with Crippen LogP contribution in [0, 0.1) is 11.8 Å². The van der Waals surface area contributed by atoms with Gasteiger partial charge in [0.25, 0.3) is 0 Å². The Balaban J connectivity index is 2.38. The minimum atomic E-state index is -4.60. The molecule has 2 rings (SSSR count). The van der Waals surface area contributed by atoms with Gasteiger partial charge in [0.15, 0.2) is 0 Å². The molecule has 2 unspecified atom stereocenters. The Morgan fingerprint density at radius 2 is 1.68 bits per heavy atom. The van der Waals surface area contributed by atoms with Crippen LogP contribution in [0.5, 0.6) is 0 Å². The van der Waals surface area contributed by atoms with Crippen LogP contribution in [0.1, 0.15) is 32.6 Å². The Kier molecular flexibility index (Phi) is 3.95. The molecule has 0 saturated heterocycles. The highest BCUT2D eigenvalue weighted by atomic mass is 32.2. The monoisotopic (exact) mass is 288 g/mol. The fourth-order valence-electron chi connectivity index (χ4n) is 2.77. The van der Waals surface area contributed by atoms with Gasteiger partial charge < -0.3 is 0 Å². The summed E-state index contributed by atoms with van der Waals surface area (Å²) in [4.78, 5) is -0.294. The third-order valence-corrected chi connectivity index (χ3v) is 5.87. The van der Waals surface area contributed by atoms with Crippen molar-refractivity contribution in [1.82, 2.24) is 0 Å². The normalized spacial score (nSPS) is 25.2. The van der Waals surface area contributed by atoms with Crippen LogP contribution in [0.3, 0.4) is 0 Å². The van der Waals surface area contributed by atoms with Gasteiger partial charge in [0, 0.05) is 5.92 Å². The van der Waals surface area contributed by atoms with Crippen molar-refractivity contribution in [3.8, 4) is 0 Å². The Bertz CT molecular complexity index is 526. The second-order valence-corrected chi connectivity index (χ2v) is 7.27. The molecule has 0 aromatic heterocycles. The van der Waals surface area contributed by atoms with Gasteiger partial charge in [-0.1, -0.05) is 44.4 Å². The molecule has 1 fully saturated rings. The van der Waals surface area contributed by atoms with Crippen LogP contribution in [0.15, 0.2) is 35.2 Å². The smallest absolute Gasteiger partial charge is 0.217 e. The van der Waals surface area contributed by atoms with Gasteiger partial charge in [0.05, 0.1) is 4.90 Å². The Morgan fingerprint density at radius 1 is 1.11 bits per heavy atom. The first-order valence-electron chi connectivity index (χ1n) is 6.55. The fraction of sp³-hybridized carbons (Fsp3) is 0.571. The molecule has 0 N–H and O–H groups in total. The summed E-state index contributed by atoms with van der Waals surface area (Å²) in [5.74, 6) is -1.34. The number of halogens is 2. The second kappa shape index (κ2) is 5.19. The van der Waals surface area contributed by atoms with Gasteiger partial charge in [-0.05, 0) is 24.5 Å². The van der Waals surface area contributed by atoms with Crippen molar-refractivity contribution in [3.63, 3.8) is 0 Å². The van der Waals surface area contributed by atoms with Gasteiger partial charge >= 0.3 is 5.25 Å². The van der Waals surface area contributed by atoms with Gasteiger partial charge in [-0.25, -0.2) is 8.42 Å². The highest BCUT2D eigenvalue weighted by molar-refractivity contribution is 7.92. The summed E-state index contributed by atoms with van der Waals surface area (Å²) in [6.45, 7) is 1.72. The van der Waals surface area contributed by atoms with E-state index in [2.05, 4.69) is 0 Å². The fourth-order valence-corrected chi connectivity index (χ4v) is 4.35. The van der Waals surface area contributed by atoms with E-state index >= 15 is 0 Å². The standard InChI is InChI=1S/C14H18F2O2S/c1-11-7-5-6-10-13(11)14(15,16)19(17,18)12-8-3-2-4-9-12/h2-4,8-9,11,13H,5-7,10H2,1H3. The summed E-state index contributed by atoms with van der Waals surface area (Å²) in [5.41, 5.74) is 0. The van der Waals surface area contributed by atoms with E-state index in [0.717, 1.165) is 6.42 Å². The van der Waals surface area contributed by atoms with Gasteiger partial charge in [-0.2, -0.15) is 8.78 Å². The Labute approximate surface area is 112 Å². The van der Waals surface area contributed by atoms with Crippen LogP contribution >= 0.6 is 0 Å². The molecule has 0 amide bonds. The molecule has 1 aromatic rings. The predicted octanol–water partition coefficient (Wildman–Crippen LogP) is 3.88. The number of hydrogen-bond donors (Lipinski definition) is 0. The van der Waals surface area contributed by atoms with Gasteiger partial charge in [0.1, 0.15) is 0 Å². The van der Waals surface area contributed by atoms with Gasteiger partial charge in [-0.15, -0.1) is 0 Å². The molecule has 0 bridgehead atoms. The first-order chi connectivity index (χ1) is 8.87. The zero-order chi connectivity index (χ0) is 14.1. The molecule has 0 aliphatic heterocycles. The van der Waals surface area contributed by atoms with Crippen LogP contribution in [0.4, 0.5) is 8.78 Å². The minimum absolute atomic E-state index is 0.262. The van der Waals surface area contributed by atoms with Crippen LogP contribution in [-0.4, -0.2) is 13.7 Å². The van der Waals surface area contributed by atoms with Gasteiger partial charge in [-0.3, -0.25) is 0 Å². The van der Waals surface area contributed by atoms with Crippen molar-refractivity contribution in [2.45, 2.75) is 42.8 Å². The van der Waals surface area contributed by atoms with Crippen molar-refractivity contribution in [2.24, 2.45) is 11.8 Å². The molecular weight excluding hydrogens is 270 g/mol. The number of rotatable bonds is 3. The summed E-state index contributed by atoms with van der Waals surface area (Å²) >= 11 is 0. The summed E-state index contributed by atoms with van der Waals surface area (Å²) < 4.78 is 53.2. The van der Waals surface area contributed by atoms with Crippen molar-refractivity contribution in [1.29, 1.82) is 0 Å². The first-order valence-corrected chi connectivity index (χ1v) is 8.03. The summed E-state index contributed by atoms with van der Waals surface area (Å²) in [5, 5.41) is -3.69. The Hall–Kier alpha value is -0.970. The highest BCUT2D eigenvalue weighted by Gasteiger charge is 2.54. The maximum atomic E-state index is 14.4. The van der Waals surface area contributed by atoms with E-state index in [1.807, 2.05) is 0 Å². The molecule has 0 spiro atoms. The van der Waals surface area contributed by atoms with E-state index in [4.69, 9.17) is 0 Å². The molecule has 2 atom stereocenters. The molecule has 1 aromatic carbocycles. The zero-order valence-corrected chi connectivity index (χ0v) is 11.7. The summed E-state index contributed by atoms with van der Waals surface area (Å²) in [6, 6.07) is 7.01. The molecule has 0 heterocycles. The van der Waals surface area contributed by atoms with E-state index in [1.54, 1.807) is 13.0 Å². The Morgan fingerprint density at radius 3 is 2.26 bits per heavy atom. The second-order valence-electron chi connectivity index (χ2n) is 5.25. The maximum Gasteiger partial charge on any atom is 0.353 e. The van der Waals surface area contributed by atoms with Crippen molar-refractivity contribution in [2.75, 3.05) is 0 Å². The van der Waals surface area contributed by atoms with Crippen molar-refractivity contribution >= 4 is 9.84 Å². The summed E-state index contributed by atoms with van der Waals surface area (Å²) in [7, 11) is -4.60. The van der Waals surface area contributed by atoms with Crippen molar-refractivity contribution < 1.29 is 17.2 Å². The first kappa shape index (κ1) is 14.4. The quantitative estimate of drug-likeness (QED) is 0.846. The van der Waals surface area contributed by atoms with Gasteiger partial charge in [0.2, 0.25) is 9.84 Å². The third-order valence-electron chi connectivity index (χ3n) is 3.95. The molecule has 1 saturated carbocycles. The summed E-state index contributed by atoms with van der Waals surface area (Å²) in [6.07, 6.45) is 2.53. The van der Waals surface area contributed by atoms with E-state index in [9.17, 15) is 17.2 Å². The SMILES string of the molecule is CC1CCCCC1C(F)(F)S(=O)(=O)c1ccccc1. The molecule has 1 aliphatic rings. The van der Waals surface area contributed by atoms with E-state index < -0.39 is 21.0 Å². The molecule has 106 valence electrons. The van der Waals surface area contributed by atoms with Crippen LogP contribution in [-0.2, 0) is 9.84 Å². The maximum absolute atomic E-state index is 14.4. The number of hydrogen-bond acceptors (Lipinski definition) is 2. The zero-order valence-electron chi connectivity index (χ0n) is 10.9. The largest absolute Gasteiger partial charge is 0.353 e. The van der Waals surface area contributed by atoms with E-state index in [-0.39, 0.29) is 17.2 Å². The number of alkyl halides is 2. The highest BCUT2D eigenvalue weighted by Crippen LogP contribution is 2.45. The van der Waals surface area contributed by atoms with Crippen LogP contribution < -0.4 is 0 Å². The topological polar surface area (TPSA) is 34.1 Å². The lowest BCUT2D eigenvalue weighted by molar-refractivity contribution is -0.0158. The molecule has 0 radical (unpaired) electrons. The average molecular weight is 288 g/mol. The minimum Gasteiger partial charge on any atom is -0.217 e. The van der Waals surface area contributed by atoms with Crippen LogP contribution in [0.2, 0.25) is 0 Å². The lowest BCUT2D eigenvalue weighted by Crippen LogP contribution is -2.41. The molecule has 5 heteroatoms. The van der Waals surface area contributed by atoms with E-state index in [1.165, 1.54) is 24.3 Å². The number of benzene rings is 1. The lowest BCUT2D eigenvalue weighted by atomic mass is 9.80. The van der Waals surface area contributed by atoms with Crippen molar-refractivity contribution in [3.05, 3.63) is 30.3 Å². The van der Waals surface area contributed by atoms with Crippen LogP contribution in [0.25, 0.3) is 0 Å². The molecule has 1 aliphatic carbocycles. The lowest BCUT2D eigenvalue weighted by Gasteiger charge is -2.34. The third kappa shape index (κ3) is 2.53. The molecular formula is C14H18F2O2S.